The SMILES string of the molecule is COc1ccc(C(=C2CCC2)c2ccc(OC)cc2)cc1. The lowest BCUT2D eigenvalue weighted by atomic mass is 9.82. The molecule has 0 spiro atoms. The highest BCUT2D eigenvalue weighted by Gasteiger charge is 2.17. The molecule has 1 aliphatic rings. The molecule has 1 aliphatic carbocycles. The minimum absolute atomic E-state index is 0.895. The second-order valence-corrected chi connectivity index (χ2v) is 5.29. The summed E-state index contributed by atoms with van der Waals surface area (Å²) < 4.78 is 10.5. The zero-order chi connectivity index (χ0) is 14.7. The van der Waals surface area contributed by atoms with Crippen LogP contribution in [0.3, 0.4) is 0 Å². The van der Waals surface area contributed by atoms with Crippen LogP contribution in [0.4, 0.5) is 0 Å². The summed E-state index contributed by atoms with van der Waals surface area (Å²) in [6.07, 6.45) is 3.70. The van der Waals surface area contributed by atoms with Gasteiger partial charge in [0.1, 0.15) is 11.5 Å². The first-order valence-corrected chi connectivity index (χ1v) is 7.32. The van der Waals surface area contributed by atoms with E-state index in [0.717, 1.165) is 11.5 Å². The molecule has 0 aromatic heterocycles. The van der Waals surface area contributed by atoms with Gasteiger partial charge in [0.15, 0.2) is 0 Å². The molecule has 0 N–H and O–H groups in total. The van der Waals surface area contributed by atoms with Crippen molar-refractivity contribution >= 4 is 5.57 Å². The minimum Gasteiger partial charge on any atom is -0.497 e. The number of hydrogen-bond acceptors (Lipinski definition) is 2. The van der Waals surface area contributed by atoms with Crippen molar-refractivity contribution in [2.75, 3.05) is 14.2 Å². The molecule has 2 aromatic carbocycles. The van der Waals surface area contributed by atoms with Gasteiger partial charge in [-0.25, -0.2) is 0 Å². The number of benzene rings is 2. The molecule has 0 unspecified atom stereocenters. The van der Waals surface area contributed by atoms with E-state index >= 15 is 0 Å². The van der Waals surface area contributed by atoms with Crippen LogP contribution in [-0.4, -0.2) is 14.2 Å². The Morgan fingerprint density at radius 2 is 1.14 bits per heavy atom. The second kappa shape index (κ2) is 6.04. The Labute approximate surface area is 126 Å². The zero-order valence-corrected chi connectivity index (χ0v) is 12.6. The van der Waals surface area contributed by atoms with Crippen LogP contribution in [0.5, 0.6) is 11.5 Å². The number of methoxy groups -OCH3 is 2. The van der Waals surface area contributed by atoms with Gasteiger partial charge in [-0.1, -0.05) is 29.8 Å². The van der Waals surface area contributed by atoms with E-state index in [9.17, 15) is 0 Å². The molecular formula is C19H20O2. The van der Waals surface area contributed by atoms with E-state index in [1.54, 1.807) is 19.8 Å². The quantitative estimate of drug-likeness (QED) is 0.809. The fourth-order valence-electron chi connectivity index (χ4n) is 2.69. The van der Waals surface area contributed by atoms with Crippen molar-refractivity contribution in [2.45, 2.75) is 19.3 Å². The van der Waals surface area contributed by atoms with Gasteiger partial charge in [0.2, 0.25) is 0 Å². The predicted molar refractivity (Wildman–Crippen MR) is 85.9 cm³/mol. The fourth-order valence-corrected chi connectivity index (χ4v) is 2.69. The molecule has 0 heterocycles. The lowest BCUT2D eigenvalue weighted by Crippen LogP contribution is -2.03. The molecule has 2 aromatic rings. The lowest BCUT2D eigenvalue weighted by Gasteiger charge is -2.23. The highest BCUT2D eigenvalue weighted by molar-refractivity contribution is 5.83. The van der Waals surface area contributed by atoms with E-state index in [0.29, 0.717) is 0 Å². The maximum atomic E-state index is 5.25. The molecule has 1 fully saturated rings. The van der Waals surface area contributed by atoms with Crippen LogP contribution in [-0.2, 0) is 0 Å². The van der Waals surface area contributed by atoms with Crippen LogP contribution in [0.1, 0.15) is 30.4 Å². The number of allylic oxidation sites excluding steroid dienone is 1. The van der Waals surface area contributed by atoms with Gasteiger partial charge in [-0.3, -0.25) is 0 Å². The fraction of sp³-hybridized carbons (Fsp3) is 0.263. The average molecular weight is 280 g/mol. The molecule has 0 atom stereocenters. The monoisotopic (exact) mass is 280 g/mol. The summed E-state index contributed by atoms with van der Waals surface area (Å²) in [5.74, 6) is 1.79. The molecule has 0 aliphatic heterocycles. The number of rotatable bonds is 4. The van der Waals surface area contributed by atoms with Crippen molar-refractivity contribution in [1.29, 1.82) is 0 Å². The van der Waals surface area contributed by atoms with E-state index in [4.69, 9.17) is 9.47 Å². The van der Waals surface area contributed by atoms with Crippen molar-refractivity contribution in [3.63, 3.8) is 0 Å². The van der Waals surface area contributed by atoms with Crippen molar-refractivity contribution in [1.82, 2.24) is 0 Å². The van der Waals surface area contributed by atoms with Crippen LogP contribution >= 0.6 is 0 Å². The van der Waals surface area contributed by atoms with Crippen molar-refractivity contribution < 1.29 is 9.47 Å². The van der Waals surface area contributed by atoms with Crippen LogP contribution in [0.25, 0.3) is 5.57 Å². The third kappa shape index (κ3) is 2.80. The van der Waals surface area contributed by atoms with E-state index in [-0.39, 0.29) is 0 Å². The molecule has 0 bridgehead atoms. The Kier molecular flexibility index (Phi) is 3.96. The second-order valence-electron chi connectivity index (χ2n) is 5.29. The van der Waals surface area contributed by atoms with Crippen LogP contribution in [0.15, 0.2) is 54.1 Å². The summed E-state index contributed by atoms with van der Waals surface area (Å²) in [6.45, 7) is 0. The molecule has 3 rings (SSSR count). The summed E-state index contributed by atoms with van der Waals surface area (Å²) in [4.78, 5) is 0. The van der Waals surface area contributed by atoms with E-state index in [1.165, 1.54) is 36.0 Å². The topological polar surface area (TPSA) is 18.5 Å². The van der Waals surface area contributed by atoms with Gasteiger partial charge < -0.3 is 9.47 Å². The molecule has 0 amide bonds. The van der Waals surface area contributed by atoms with Crippen LogP contribution in [0, 0.1) is 0 Å². The highest BCUT2D eigenvalue weighted by atomic mass is 16.5. The molecule has 108 valence electrons. The van der Waals surface area contributed by atoms with Gasteiger partial charge in [0, 0.05) is 0 Å². The smallest absolute Gasteiger partial charge is 0.118 e. The van der Waals surface area contributed by atoms with E-state index < -0.39 is 0 Å². The molecular weight excluding hydrogens is 260 g/mol. The van der Waals surface area contributed by atoms with Gasteiger partial charge in [-0.15, -0.1) is 0 Å². The van der Waals surface area contributed by atoms with Crippen LogP contribution in [0.2, 0.25) is 0 Å². The largest absolute Gasteiger partial charge is 0.497 e. The zero-order valence-electron chi connectivity index (χ0n) is 12.6. The first kappa shape index (κ1) is 13.7. The lowest BCUT2D eigenvalue weighted by molar-refractivity contribution is 0.414. The molecule has 2 heteroatoms. The Balaban J connectivity index is 2.01. The minimum atomic E-state index is 0.895. The summed E-state index contributed by atoms with van der Waals surface area (Å²) >= 11 is 0. The van der Waals surface area contributed by atoms with Gasteiger partial charge >= 0.3 is 0 Å². The third-order valence-corrected chi connectivity index (χ3v) is 4.07. The standard InChI is InChI=1S/C19H20O2/c1-20-17-10-6-15(7-11-17)19(14-4-3-5-14)16-8-12-18(21-2)13-9-16/h6-13H,3-5H2,1-2H3. The number of hydrogen-bond donors (Lipinski definition) is 0. The highest BCUT2D eigenvalue weighted by Crippen LogP contribution is 2.38. The molecule has 2 nitrogen and oxygen atoms in total. The molecule has 1 saturated carbocycles. The third-order valence-electron chi connectivity index (χ3n) is 4.07. The Bertz CT molecular complexity index is 581. The predicted octanol–water partition coefficient (Wildman–Crippen LogP) is 4.69. The average Bonchev–Trinajstić information content (AvgIpc) is 2.51. The maximum absolute atomic E-state index is 5.25. The molecule has 0 saturated heterocycles. The Hall–Kier alpha value is -2.22. The van der Waals surface area contributed by atoms with Gasteiger partial charge in [0.05, 0.1) is 14.2 Å². The first-order valence-electron chi connectivity index (χ1n) is 7.32. The summed E-state index contributed by atoms with van der Waals surface area (Å²) in [5, 5.41) is 0. The van der Waals surface area contributed by atoms with E-state index in [2.05, 4.69) is 24.3 Å². The first-order chi connectivity index (χ1) is 10.3. The number of ether oxygens (including phenoxy) is 2. The van der Waals surface area contributed by atoms with Crippen molar-refractivity contribution in [3.05, 3.63) is 65.2 Å². The van der Waals surface area contributed by atoms with Crippen molar-refractivity contribution in [3.8, 4) is 11.5 Å². The Morgan fingerprint density at radius 3 is 1.43 bits per heavy atom. The summed E-state index contributed by atoms with van der Waals surface area (Å²) in [5.41, 5.74) is 5.43. The van der Waals surface area contributed by atoms with Gasteiger partial charge in [0.25, 0.3) is 0 Å². The van der Waals surface area contributed by atoms with E-state index in [1.807, 2.05) is 24.3 Å². The van der Waals surface area contributed by atoms with Gasteiger partial charge in [-0.05, 0) is 60.2 Å². The normalized spacial score (nSPS) is 13.5. The van der Waals surface area contributed by atoms with Gasteiger partial charge in [-0.2, -0.15) is 0 Å². The summed E-state index contributed by atoms with van der Waals surface area (Å²) in [7, 11) is 3.40. The maximum Gasteiger partial charge on any atom is 0.118 e. The Morgan fingerprint density at radius 1 is 0.714 bits per heavy atom. The molecule has 0 radical (unpaired) electrons. The summed E-state index contributed by atoms with van der Waals surface area (Å²) in [6, 6.07) is 16.7. The molecule has 21 heavy (non-hydrogen) atoms. The van der Waals surface area contributed by atoms with Crippen molar-refractivity contribution in [2.24, 2.45) is 0 Å². The van der Waals surface area contributed by atoms with Crippen LogP contribution < -0.4 is 9.47 Å².